The minimum atomic E-state index is -0.269. The van der Waals surface area contributed by atoms with Gasteiger partial charge in [0.15, 0.2) is 0 Å². The monoisotopic (exact) mass is 464 g/mol. The minimum Gasteiger partial charge on any atom is -0.508 e. The van der Waals surface area contributed by atoms with E-state index in [2.05, 4.69) is 35.8 Å². The molecular weight excluding hydrogens is 428 g/mol. The third-order valence-electron chi connectivity index (χ3n) is 8.04. The highest BCUT2D eigenvalue weighted by atomic mass is 79.9. The first kappa shape index (κ1) is 21.5. The fourth-order valence-electron chi connectivity index (χ4n) is 6.23. The second-order valence-electron chi connectivity index (χ2n) is 10.3. The van der Waals surface area contributed by atoms with Gasteiger partial charge in [0.1, 0.15) is 17.1 Å². The summed E-state index contributed by atoms with van der Waals surface area (Å²) in [5.74, 6) is 1.80. The van der Waals surface area contributed by atoms with E-state index >= 15 is 0 Å². The van der Waals surface area contributed by atoms with E-state index in [9.17, 15) is 10.2 Å². The average Bonchev–Trinajstić information content (AvgIpc) is 2.62. The smallest absolute Gasteiger partial charge is 0.127 e. The number of phenols is 1. The molecule has 4 rings (SSSR count). The van der Waals surface area contributed by atoms with E-state index in [4.69, 9.17) is 4.74 Å². The van der Waals surface area contributed by atoms with E-state index in [-0.39, 0.29) is 23.0 Å². The molecule has 3 atom stereocenters. The Bertz CT molecular complexity index is 725. The van der Waals surface area contributed by atoms with Gasteiger partial charge in [-0.2, -0.15) is 0 Å². The Hall–Kier alpha value is -0.740. The van der Waals surface area contributed by atoms with Crippen LogP contribution in [0.15, 0.2) is 12.1 Å². The lowest BCUT2D eigenvalue weighted by atomic mass is 9.61. The molecule has 0 unspecified atom stereocenters. The molecule has 2 aliphatic carbocycles. The maximum absolute atomic E-state index is 11.1. The van der Waals surface area contributed by atoms with Gasteiger partial charge in [-0.15, -0.1) is 0 Å². The number of rotatable bonds is 7. The Kier molecular flexibility index (Phi) is 6.24. The van der Waals surface area contributed by atoms with Crippen LogP contribution >= 0.6 is 15.9 Å². The number of hydrogen-bond donors (Lipinski definition) is 2. The van der Waals surface area contributed by atoms with Crippen LogP contribution < -0.4 is 4.74 Å². The molecule has 0 spiro atoms. The van der Waals surface area contributed by atoms with Gasteiger partial charge in [-0.25, -0.2) is 0 Å². The summed E-state index contributed by atoms with van der Waals surface area (Å²) in [6.07, 6.45) is 12.3. The molecule has 1 aliphatic heterocycles. The quantitative estimate of drug-likeness (QED) is 0.354. The SMILES string of the molecule is CC1(C)Oc2cc(C3(CCCCCCBr)CCC3)cc(O)c2[C@@H]2C[C@H](O)CC[C@H]21. The number of unbranched alkanes of at least 4 members (excludes halogenated alkanes) is 3. The molecule has 162 valence electrons. The first-order chi connectivity index (χ1) is 13.9. The lowest BCUT2D eigenvalue weighted by Gasteiger charge is -2.49. The standard InChI is InChI=1S/C25H37BrO3/c1-24(2)20-9-8-18(27)16-19(20)23-21(28)14-17(15-22(23)29-24)25(11-7-12-25)10-5-3-4-6-13-26/h14-15,18-20,27-28H,3-13,16H2,1-2H3/t18-,19-,20-/m1/s1. The van der Waals surface area contributed by atoms with Crippen molar-refractivity contribution >= 4 is 15.9 Å². The second kappa shape index (κ2) is 8.42. The van der Waals surface area contributed by atoms with Crippen LogP contribution in [0.2, 0.25) is 0 Å². The molecule has 0 saturated heterocycles. The van der Waals surface area contributed by atoms with Gasteiger partial charge < -0.3 is 14.9 Å². The lowest BCUT2D eigenvalue weighted by molar-refractivity contribution is -0.0318. The third-order valence-corrected chi connectivity index (χ3v) is 8.60. The summed E-state index contributed by atoms with van der Waals surface area (Å²) in [6.45, 7) is 4.36. The second-order valence-corrected chi connectivity index (χ2v) is 11.1. The molecule has 2 saturated carbocycles. The number of aliphatic hydroxyl groups excluding tert-OH is 1. The zero-order valence-corrected chi connectivity index (χ0v) is 19.6. The predicted molar refractivity (Wildman–Crippen MR) is 121 cm³/mol. The molecule has 1 heterocycles. The fraction of sp³-hybridized carbons (Fsp3) is 0.760. The fourth-order valence-corrected chi connectivity index (χ4v) is 6.63. The number of fused-ring (bicyclic) bond motifs is 3. The van der Waals surface area contributed by atoms with E-state index < -0.39 is 0 Å². The first-order valence-electron chi connectivity index (χ1n) is 11.7. The molecule has 3 nitrogen and oxygen atoms in total. The van der Waals surface area contributed by atoms with E-state index in [1.54, 1.807) is 0 Å². The highest BCUT2D eigenvalue weighted by molar-refractivity contribution is 9.09. The molecule has 1 aromatic rings. The van der Waals surface area contributed by atoms with Gasteiger partial charge in [-0.05, 0) is 81.9 Å². The zero-order valence-electron chi connectivity index (χ0n) is 18.1. The van der Waals surface area contributed by atoms with Crippen LogP contribution in [0.1, 0.15) is 102 Å². The van der Waals surface area contributed by atoms with Gasteiger partial charge in [0.05, 0.1) is 6.10 Å². The number of phenolic OH excluding ortho intramolecular Hbond substituents is 1. The number of aliphatic hydroxyl groups is 1. The van der Waals surface area contributed by atoms with Gasteiger partial charge in [0.25, 0.3) is 0 Å². The summed E-state index contributed by atoms with van der Waals surface area (Å²) in [5, 5.41) is 22.5. The molecule has 0 aromatic heterocycles. The average molecular weight is 465 g/mol. The zero-order chi connectivity index (χ0) is 20.6. The van der Waals surface area contributed by atoms with Crippen molar-refractivity contribution in [3.63, 3.8) is 0 Å². The number of alkyl halides is 1. The Morgan fingerprint density at radius 3 is 2.55 bits per heavy atom. The minimum absolute atomic E-state index is 0.188. The van der Waals surface area contributed by atoms with Gasteiger partial charge in [-0.1, -0.05) is 41.6 Å². The Balaban J connectivity index is 1.60. The third kappa shape index (κ3) is 4.08. The maximum Gasteiger partial charge on any atom is 0.127 e. The van der Waals surface area contributed by atoms with Gasteiger partial charge in [0, 0.05) is 22.7 Å². The molecule has 0 bridgehead atoms. The Morgan fingerprint density at radius 1 is 1.10 bits per heavy atom. The van der Waals surface area contributed by atoms with Crippen LogP contribution in [0.25, 0.3) is 0 Å². The molecule has 2 N–H and O–H groups in total. The van der Waals surface area contributed by atoms with Gasteiger partial charge in [0.2, 0.25) is 0 Å². The lowest BCUT2D eigenvalue weighted by Crippen LogP contribution is -2.47. The Morgan fingerprint density at radius 2 is 1.86 bits per heavy atom. The van der Waals surface area contributed by atoms with Crippen LogP contribution in [0.3, 0.4) is 0 Å². The number of hydrogen-bond acceptors (Lipinski definition) is 3. The van der Waals surface area contributed by atoms with Crippen LogP contribution in [-0.4, -0.2) is 27.2 Å². The van der Waals surface area contributed by atoms with E-state index in [0.29, 0.717) is 11.7 Å². The normalized spacial score (nSPS) is 29.3. The summed E-state index contributed by atoms with van der Waals surface area (Å²) < 4.78 is 6.52. The predicted octanol–water partition coefficient (Wildman–Crippen LogP) is 6.57. The number of ether oxygens (including phenoxy) is 1. The van der Waals surface area contributed by atoms with Crippen molar-refractivity contribution in [3.05, 3.63) is 23.3 Å². The van der Waals surface area contributed by atoms with Crippen molar-refractivity contribution < 1.29 is 14.9 Å². The van der Waals surface area contributed by atoms with Gasteiger partial charge in [-0.3, -0.25) is 0 Å². The topological polar surface area (TPSA) is 49.7 Å². The van der Waals surface area contributed by atoms with Crippen molar-refractivity contribution in [2.75, 3.05) is 5.33 Å². The molecule has 29 heavy (non-hydrogen) atoms. The van der Waals surface area contributed by atoms with Crippen LogP contribution in [-0.2, 0) is 5.41 Å². The first-order valence-corrected chi connectivity index (χ1v) is 12.8. The van der Waals surface area contributed by atoms with Crippen LogP contribution in [0.4, 0.5) is 0 Å². The molecular formula is C25H37BrO3. The number of aromatic hydroxyl groups is 1. The molecule has 3 aliphatic rings. The van der Waals surface area contributed by atoms with Crippen LogP contribution in [0.5, 0.6) is 11.5 Å². The molecule has 1 aromatic carbocycles. The summed E-state index contributed by atoms with van der Waals surface area (Å²) in [6, 6.07) is 4.28. The highest BCUT2D eigenvalue weighted by Gasteiger charge is 2.48. The molecule has 0 radical (unpaired) electrons. The molecule has 0 amide bonds. The van der Waals surface area contributed by atoms with Crippen LogP contribution in [0, 0.1) is 5.92 Å². The van der Waals surface area contributed by atoms with Crippen molar-refractivity contribution in [1.82, 2.24) is 0 Å². The Labute approximate surface area is 184 Å². The highest BCUT2D eigenvalue weighted by Crippen LogP contribution is 2.57. The summed E-state index contributed by atoms with van der Waals surface area (Å²) in [7, 11) is 0. The maximum atomic E-state index is 11.1. The van der Waals surface area contributed by atoms with Crippen molar-refractivity contribution in [2.45, 2.75) is 108 Å². The summed E-state index contributed by atoms with van der Waals surface area (Å²) in [4.78, 5) is 0. The van der Waals surface area contributed by atoms with Crippen molar-refractivity contribution in [2.24, 2.45) is 5.92 Å². The van der Waals surface area contributed by atoms with E-state index in [0.717, 1.165) is 35.9 Å². The number of halogens is 1. The number of benzene rings is 1. The molecule has 4 heteroatoms. The van der Waals surface area contributed by atoms with E-state index in [1.807, 2.05) is 6.07 Å². The van der Waals surface area contributed by atoms with Crippen molar-refractivity contribution in [3.8, 4) is 11.5 Å². The van der Waals surface area contributed by atoms with Crippen molar-refractivity contribution in [1.29, 1.82) is 0 Å². The molecule has 2 fully saturated rings. The summed E-state index contributed by atoms with van der Waals surface area (Å²) >= 11 is 3.53. The van der Waals surface area contributed by atoms with Gasteiger partial charge >= 0.3 is 0 Å². The van der Waals surface area contributed by atoms with E-state index in [1.165, 1.54) is 56.9 Å². The largest absolute Gasteiger partial charge is 0.508 e. The summed E-state index contributed by atoms with van der Waals surface area (Å²) in [5.41, 5.74) is 2.18.